The predicted molar refractivity (Wildman–Crippen MR) is 142 cm³/mol. The van der Waals surface area contributed by atoms with E-state index >= 15 is 0 Å². The van der Waals surface area contributed by atoms with Crippen LogP contribution in [0.25, 0.3) is 0 Å². The van der Waals surface area contributed by atoms with Crippen molar-refractivity contribution in [3.63, 3.8) is 0 Å². The summed E-state index contributed by atoms with van der Waals surface area (Å²) >= 11 is 0. The van der Waals surface area contributed by atoms with E-state index in [1.165, 1.54) is 0 Å². The molecule has 0 aromatic heterocycles. The smallest absolute Gasteiger partial charge is 0.371 e. The number of nitrogens with two attached hydrogens (primary N) is 1. The number of nitrogens with one attached hydrogen (secondary N) is 2. The number of hydrogen-bond donors (Lipinski definition) is 3. The highest BCUT2D eigenvalue weighted by Gasteiger charge is 2.52. The molecule has 1 amide bonds. The number of hydrogen-bond acceptors (Lipinski definition) is 7. The summed E-state index contributed by atoms with van der Waals surface area (Å²) in [6.45, 7) is 6.19. The van der Waals surface area contributed by atoms with Gasteiger partial charge in [-0.25, -0.2) is 13.1 Å². The molecular formula is C25H40N4O6S2. The average Bonchev–Trinajstić information content (AvgIpc) is 2.81. The maximum atomic E-state index is 14.3. The molecule has 2 heterocycles. The van der Waals surface area contributed by atoms with Gasteiger partial charge in [0.15, 0.2) is 0 Å². The maximum absolute atomic E-state index is 14.3. The Bertz CT molecular complexity index is 1200. The number of piperidine rings is 1. The van der Waals surface area contributed by atoms with Gasteiger partial charge in [-0.3, -0.25) is 4.79 Å². The monoisotopic (exact) mass is 556 g/mol. The maximum Gasteiger partial charge on any atom is 0.380 e. The van der Waals surface area contributed by atoms with Crippen LogP contribution >= 0.6 is 0 Å². The summed E-state index contributed by atoms with van der Waals surface area (Å²) in [5.41, 5.74) is 1.05. The Kier molecular flexibility index (Phi) is 8.25. The minimum absolute atomic E-state index is 0.0212. The quantitative estimate of drug-likeness (QED) is 0.442. The van der Waals surface area contributed by atoms with E-state index in [9.17, 15) is 21.6 Å². The number of carbonyl (C=O) groups is 1. The molecule has 1 spiro atoms. The van der Waals surface area contributed by atoms with Crippen LogP contribution in [0.15, 0.2) is 18.2 Å². The van der Waals surface area contributed by atoms with Crippen LogP contribution in [0.4, 0.5) is 0 Å². The number of carbonyl (C=O) groups excluding carboxylic acids is 1. The third-order valence-electron chi connectivity index (χ3n) is 8.46. The number of amides is 1. The van der Waals surface area contributed by atoms with Gasteiger partial charge in [0.1, 0.15) is 5.75 Å². The van der Waals surface area contributed by atoms with Gasteiger partial charge >= 0.3 is 10.3 Å². The van der Waals surface area contributed by atoms with Gasteiger partial charge in [-0.1, -0.05) is 19.9 Å². The van der Waals surface area contributed by atoms with E-state index in [2.05, 4.69) is 23.9 Å². The van der Waals surface area contributed by atoms with Gasteiger partial charge < -0.3 is 14.4 Å². The lowest BCUT2D eigenvalue weighted by Gasteiger charge is -2.52. The van der Waals surface area contributed by atoms with E-state index in [0.717, 1.165) is 43.1 Å². The van der Waals surface area contributed by atoms with Crippen LogP contribution in [0.1, 0.15) is 69.5 Å². The largest absolute Gasteiger partial charge is 0.380 e. The van der Waals surface area contributed by atoms with Crippen LogP contribution in [0.5, 0.6) is 5.75 Å². The van der Waals surface area contributed by atoms with Crippen LogP contribution in [0.3, 0.4) is 0 Å². The second-order valence-corrected chi connectivity index (χ2v) is 14.2. The molecule has 1 unspecified atom stereocenters. The fourth-order valence-electron chi connectivity index (χ4n) is 6.66. The van der Waals surface area contributed by atoms with Gasteiger partial charge in [-0.2, -0.15) is 13.6 Å². The number of sulfonamides is 1. The van der Waals surface area contributed by atoms with Gasteiger partial charge in [0.05, 0.1) is 17.7 Å². The van der Waals surface area contributed by atoms with Crippen molar-refractivity contribution >= 4 is 26.2 Å². The first-order valence-electron chi connectivity index (χ1n) is 13.1. The van der Waals surface area contributed by atoms with Gasteiger partial charge in [-0.05, 0) is 92.6 Å². The third-order valence-corrected chi connectivity index (χ3v) is 9.61. The molecule has 4 N–H and O–H groups in total. The summed E-state index contributed by atoms with van der Waals surface area (Å²) in [4.78, 5) is 16.2. The van der Waals surface area contributed by atoms with Crippen molar-refractivity contribution in [2.75, 3.05) is 32.4 Å². The van der Waals surface area contributed by atoms with E-state index in [-0.39, 0.29) is 36.7 Å². The van der Waals surface area contributed by atoms with Crippen LogP contribution < -0.4 is 19.4 Å². The first-order chi connectivity index (χ1) is 17.3. The van der Waals surface area contributed by atoms with Crippen molar-refractivity contribution in [3.8, 4) is 5.75 Å². The highest BCUT2D eigenvalue weighted by Crippen LogP contribution is 2.51. The summed E-state index contributed by atoms with van der Waals surface area (Å²) in [6, 6.07) is 4.83. The zero-order valence-corrected chi connectivity index (χ0v) is 23.5. The highest BCUT2D eigenvalue weighted by atomic mass is 32.2. The zero-order valence-electron chi connectivity index (χ0n) is 21.9. The zero-order chi connectivity index (χ0) is 27.0. The molecule has 4 rings (SSSR count). The van der Waals surface area contributed by atoms with Crippen molar-refractivity contribution in [3.05, 3.63) is 29.3 Å². The van der Waals surface area contributed by atoms with E-state index in [1.807, 2.05) is 11.0 Å². The van der Waals surface area contributed by atoms with E-state index in [1.54, 1.807) is 12.1 Å². The topological polar surface area (TPSA) is 148 Å². The average molecular weight is 557 g/mol. The highest BCUT2D eigenvalue weighted by molar-refractivity contribution is 7.88. The molecule has 3 aliphatic rings. The molecule has 1 atom stereocenters. The molecule has 0 radical (unpaired) electrons. The van der Waals surface area contributed by atoms with Crippen molar-refractivity contribution < 1.29 is 25.8 Å². The Labute approximate surface area is 221 Å². The molecule has 1 saturated carbocycles. The van der Waals surface area contributed by atoms with E-state index in [0.29, 0.717) is 37.8 Å². The molecule has 2 aliphatic heterocycles. The van der Waals surface area contributed by atoms with Crippen LogP contribution in [-0.4, -0.2) is 60.1 Å². The predicted octanol–water partition coefficient (Wildman–Crippen LogP) is 1.79. The van der Waals surface area contributed by atoms with Gasteiger partial charge in [0.25, 0.3) is 0 Å². The molecule has 1 aliphatic carbocycles. The minimum atomic E-state index is -4.22. The Balaban J connectivity index is 1.80. The van der Waals surface area contributed by atoms with Gasteiger partial charge in [0, 0.05) is 13.1 Å². The van der Waals surface area contributed by atoms with Gasteiger partial charge in [-0.15, -0.1) is 0 Å². The molecule has 12 heteroatoms. The van der Waals surface area contributed by atoms with Crippen molar-refractivity contribution in [1.82, 2.24) is 14.9 Å². The molecule has 1 aromatic rings. The lowest BCUT2D eigenvalue weighted by Crippen LogP contribution is -2.59. The standard InChI is InChI=1S/C25H40N4O6S2/c1-17(2)18-4-6-19(7-5-18)23-21-16-20(35-37(26,33)34)8-9-22(21)25(10-12-27-13-11-25)24(30)29(23)15-14-28-36(3,31)32/h8-9,16-19,23,27-28H,4-7,10-15H2,1-3H3,(H2,26,33,34). The lowest BCUT2D eigenvalue weighted by molar-refractivity contribution is -0.145. The van der Waals surface area contributed by atoms with Crippen molar-refractivity contribution in [1.29, 1.82) is 0 Å². The number of fused-ring (bicyclic) bond motifs is 2. The first kappa shape index (κ1) is 28.3. The number of rotatable bonds is 8. The van der Waals surface area contributed by atoms with E-state index in [4.69, 9.17) is 9.32 Å². The summed E-state index contributed by atoms with van der Waals surface area (Å²) in [6.07, 6.45) is 6.31. The molecule has 10 nitrogen and oxygen atoms in total. The van der Waals surface area contributed by atoms with Crippen molar-refractivity contribution in [2.45, 2.75) is 63.8 Å². The Hall–Kier alpha value is -1.73. The van der Waals surface area contributed by atoms with Crippen LogP contribution in [0, 0.1) is 17.8 Å². The van der Waals surface area contributed by atoms with Crippen LogP contribution in [-0.2, 0) is 30.5 Å². The normalized spacial score (nSPS) is 26.4. The first-order valence-corrected chi connectivity index (χ1v) is 16.5. The minimum Gasteiger partial charge on any atom is -0.371 e. The SMILES string of the molecule is CC(C)C1CCC(C2c3cc(OS(N)(=O)=O)ccc3C3(CCNCC3)C(=O)N2CCNS(C)(=O)=O)CC1. The summed E-state index contributed by atoms with van der Waals surface area (Å²) in [5, 5.41) is 8.50. The fourth-order valence-corrected chi connectivity index (χ4v) is 7.49. The fraction of sp³-hybridized carbons (Fsp3) is 0.720. The third kappa shape index (κ3) is 6.30. The lowest BCUT2D eigenvalue weighted by atomic mass is 9.63. The second kappa shape index (κ2) is 10.8. The molecular weight excluding hydrogens is 516 g/mol. The van der Waals surface area contributed by atoms with E-state index < -0.39 is 25.7 Å². The number of nitrogens with zero attached hydrogens (tertiary/aromatic N) is 1. The molecule has 2 fully saturated rings. The molecule has 1 saturated heterocycles. The molecule has 208 valence electrons. The second-order valence-electron chi connectivity index (χ2n) is 11.2. The molecule has 0 bridgehead atoms. The summed E-state index contributed by atoms with van der Waals surface area (Å²) in [7, 11) is -7.64. The summed E-state index contributed by atoms with van der Waals surface area (Å²) < 4.78 is 54.6. The summed E-state index contributed by atoms with van der Waals surface area (Å²) in [5.74, 6) is 1.52. The Morgan fingerprint density at radius 1 is 1.14 bits per heavy atom. The Morgan fingerprint density at radius 3 is 2.35 bits per heavy atom. The van der Waals surface area contributed by atoms with Crippen LogP contribution in [0.2, 0.25) is 0 Å². The van der Waals surface area contributed by atoms with Gasteiger partial charge in [0.2, 0.25) is 15.9 Å². The molecule has 37 heavy (non-hydrogen) atoms. The Morgan fingerprint density at radius 2 is 1.78 bits per heavy atom. The molecule has 1 aromatic carbocycles. The number of benzene rings is 1. The van der Waals surface area contributed by atoms with Crippen molar-refractivity contribution in [2.24, 2.45) is 22.9 Å².